The summed E-state index contributed by atoms with van der Waals surface area (Å²) in [6.45, 7) is 5.07. The van der Waals surface area contributed by atoms with Gasteiger partial charge in [-0.2, -0.15) is 5.10 Å². The number of amides is 1. The largest absolute Gasteiger partial charge is 0.355 e. The van der Waals surface area contributed by atoms with Gasteiger partial charge >= 0.3 is 0 Å². The van der Waals surface area contributed by atoms with Gasteiger partial charge in [-0.25, -0.2) is 0 Å². The van der Waals surface area contributed by atoms with Crippen LogP contribution in [0.4, 0.5) is 0 Å². The lowest BCUT2D eigenvalue weighted by molar-refractivity contribution is -0.120. The van der Waals surface area contributed by atoms with E-state index >= 15 is 0 Å². The molecule has 1 aromatic heterocycles. The van der Waals surface area contributed by atoms with Crippen molar-refractivity contribution in [2.24, 2.45) is 7.05 Å². The lowest BCUT2D eigenvalue weighted by Crippen LogP contribution is -2.37. The van der Waals surface area contributed by atoms with Crippen molar-refractivity contribution in [1.29, 1.82) is 0 Å². The van der Waals surface area contributed by atoms with Crippen LogP contribution >= 0.6 is 0 Å². The van der Waals surface area contributed by atoms with Crippen molar-refractivity contribution in [2.45, 2.75) is 26.3 Å². The molecule has 5 heteroatoms. The second-order valence-corrected chi connectivity index (χ2v) is 4.16. The number of hydrogen-bond acceptors (Lipinski definition) is 3. The average molecular weight is 224 g/mol. The minimum absolute atomic E-state index is 0.0394. The zero-order chi connectivity index (χ0) is 12.0. The van der Waals surface area contributed by atoms with Crippen LogP contribution in [0.5, 0.6) is 0 Å². The van der Waals surface area contributed by atoms with E-state index in [4.69, 9.17) is 0 Å². The first kappa shape index (κ1) is 12.7. The molecule has 0 aliphatic rings. The standard InChI is InChI=1S/C11H20N4O/c1-9(2)13-7-11(16)12-5-4-10-6-14-15(3)8-10/h6,8-9,13H,4-5,7H2,1-3H3,(H,12,16). The summed E-state index contributed by atoms with van der Waals surface area (Å²) in [4.78, 5) is 11.3. The molecule has 0 aliphatic heterocycles. The molecule has 0 aromatic carbocycles. The molecule has 1 rings (SSSR count). The van der Waals surface area contributed by atoms with E-state index in [0.717, 1.165) is 12.0 Å². The number of nitrogens with one attached hydrogen (secondary N) is 2. The molecular formula is C11H20N4O. The van der Waals surface area contributed by atoms with Crippen LogP contribution in [0, 0.1) is 0 Å². The lowest BCUT2D eigenvalue weighted by Gasteiger charge is -2.08. The Bertz CT molecular complexity index is 332. The van der Waals surface area contributed by atoms with Crippen LogP contribution in [-0.2, 0) is 18.3 Å². The Balaban J connectivity index is 2.13. The maximum absolute atomic E-state index is 11.3. The van der Waals surface area contributed by atoms with Crippen LogP contribution in [-0.4, -0.2) is 34.8 Å². The monoisotopic (exact) mass is 224 g/mol. The van der Waals surface area contributed by atoms with Gasteiger partial charge in [0.2, 0.25) is 5.91 Å². The lowest BCUT2D eigenvalue weighted by atomic mass is 10.2. The van der Waals surface area contributed by atoms with Crippen molar-refractivity contribution < 1.29 is 4.79 Å². The Hall–Kier alpha value is -1.36. The van der Waals surface area contributed by atoms with Gasteiger partial charge in [-0.3, -0.25) is 9.48 Å². The molecule has 1 heterocycles. The maximum Gasteiger partial charge on any atom is 0.233 e. The van der Waals surface area contributed by atoms with Gasteiger partial charge < -0.3 is 10.6 Å². The van der Waals surface area contributed by atoms with Crippen molar-refractivity contribution >= 4 is 5.91 Å². The van der Waals surface area contributed by atoms with E-state index in [0.29, 0.717) is 19.1 Å². The Morgan fingerprint density at radius 3 is 2.88 bits per heavy atom. The van der Waals surface area contributed by atoms with Crippen LogP contribution in [0.2, 0.25) is 0 Å². The maximum atomic E-state index is 11.3. The average Bonchev–Trinajstić information content (AvgIpc) is 2.61. The summed E-state index contributed by atoms with van der Waals surface area (Å²) in [7, 11) is 1.88. The summed E-state index contributed by atoms with van der Waals surface area (Å²) in [5.41, 5.74) is 1.14. The number of carbonyl (C=O) groups is 1. The van der Waals surface area contributed by atoms with Gasteiger partial charge in [0.25, 0.3) is 0 Å². The first-order valence-electron chi connectivity index (χ1n) is 5.55. The normalized spacial score (nSPS) is 10.8. The van der Waals surface area contributed by atoms with Crippen LogP contribution in [0.1, 0.15) is 19.4 Å². The van der Waals surface area contributed by atoms with Crippen molar-refractivity contribution in [1.82, 2.24) is 20.4 Å². The third kappa shape index (κ3) is 4.93. The molecule has 0 unspecified atom stereocenters. The summed E-state index contributed by atoms with van der Waals surface area (Å²) in [6.07, 6.45) is 4.60. The molecule has 0 saturated heterocycles. The fourth-order valence-corrected chi connectivity index (χ4v) is 1.31. The summed E-state index contributed by atoms with van der Waals surface area (Å²) in [6, 6.07) is 0.337. The van der Waals surface area contributed by atoms with E-state index in [1.165, 1.54) is 0 Å². The minimum Gasteiger partial charge on any atom is -0.355 e. The quantitative estimate of drug-likeness (QED) is 0.719. The topological polar surface area (TPSA) is 59.0 Å². The SMILES string of the molecule is CC(C)NCC(=O)NCCc1cnn(C)c1. The first-order chi connectivity index (χ1) is 7.58. The zero-order valence-corrected chi connectivity index (χ0v) is 10.2. The Kier molecular flexibility index (Phi) is 4.98. The van der Waals surface area contributed by atoms with Crippen molar-refractivity contribution in [3.05, 3.63) is 18.0 Å². The summed E-state index contributed by atoms with van der Waals surface area (Å²) >= 11 is 0. The molecule has 0 radical (unpaired) electrons. The van der Waals surface area contributed by atoms with Crippen molar-refractivity contribution in [2.75, 3.05) is 13.1 Å². The van der Waals surface area contributed by atoms with E-state index in [-0.39, 0.29) is 5.91 Å². The third-order valence-electron chi connectivity index (χ3n) is 2.17. The second-order valence-electron chi connectivity index (χ2n) is 4.16. The van der Waals surface area contributed by atoms with Crippen LogP contribution in [0.3, 0.4) is 0 Å². The predicted molar refractivity (Wildman–Crippen MR) is 63.1 cm³/mol. The molecule has 16 heavy (non-hydrogen) atoms. The van der Waals surface area contributed by atoms with Gasteiger partial charge in [-0.15, -0.1) is 0 Å². The fourth-order valence-electron chi connectivity index (χ4n) is 1.31. The van der Waals surface area contributed by atoms with E-state index in [1.807, 2.05) is 33.3 Å². The van der Waals surface area contributed by atoms with Gasteiger partial charge in [0, 0.05) is 25.8 Å². The molecule has 1 amide bonds. The van der Waals surface area contributed by atoms with E-state index in [2.05, 4.69) is 15.7 Å². The number of aromatic nitrogens is 2. The fraction of sp³-hybridized carbons (Fsp3) is 0.636. The van der Waals surface area contributed by atoms with Gasteiger partial charge in [-0.1, -0.05) is 13.8 Å². The molecular weight excluding hydrogens is 204 g/mol. The first-order valence-corrected chi connectivity index (χ1v) is 5.55. The molecule has 5 nitrogen and oxygen atoms in total. The molecule has 0 fully saturated rings. The highest BCUT2D eigenvalue weighted by atomic mass is 16.1. The van der Waals surface area contributed by atoms with E-state index in [9.17, 15) is 4.79 Å². The molecule has 1 aromatic rings. The van der Waals surface area contributed by atoms with Gasteiger partial charge in [0.1, 0.15) is 0 Å². The van der Waals surface area contributed by atoms with Crippen LogP contribution in [0.15, 0.2) is 12.4 Å². The summed E-state index contributed by atoms with van der Waals surface area (Å²) in [5.74, 6) is 0.0394. The molecule has 0 spiro atoms. The molecule has 90 valence electrons. The van der Waals surface area contributed by atoms with Gasteiger partial charge in [-0.05, 0) is 12.0 Å². The number of rotatable bonds is 6. The number of hydrogen-bond donors (Lipinski definition) is 2. The van der Waals surface area contributed by atoms with E-state index in [1.54, 1.807) is 4.68 Å². The summed E-state index contributed by atoms with van der Waals surface area (Å²) < 4.78 is 1.76. The number of aryl methyl sites for hydroxylation is 1. The molecule has 0 atom stereocenters. The minimum atomic E-state index is 0.0394. The Morgan fingerprint density at radius 2 is 2.31 bits per heavy atom. The highest BCUT2D eigenvalue weighted by Gasteiger charge is 2.02. The number of nitrogens with zero attached hydrogens (tertiary/aromatic N) is 2. The summed E-state index contributed by atoms with van der Waals surface area (Å²) in [5, 5.41) is 9.99. The third-order valence-corrected chi connectivity index (χ3v) is 2.17. The Morgan fingerprint density at radius 1 is 1.56 bits per heavy atom. The molecule has 0 aliphatic carbocycles. The smallest absolute Gasteiger partial charge is 0.233 e. The van der Waals surface area contributed by atoms with Crippen LogP contribution in [0.25, 0.3) is 0 Å². The van der Waals surface area contributed by atoms with Crippen molar-refractivity contribution in [3.8, 4) is 0 Å². The van der Waals surface area contributed by atoms with E-state index < -0.39 is 0 Å². The zero-order valence-electron chi connectivity index (χ0n) is 10.2. The highest BCUT2D eigenvalue weighted by molar-refractivity contribution is 5.77. The molecule has 0 bridgehead atoms. The van der Waals surface area contributed by atoms with Gasteiger partial charge in [0.05, 0.1) is 12.7 Å². The van der Waals surface area contributed by atoms with Crippen molar-refractivity contribution in [3.63, 3.8) is 0 Å². The second kappa shape index (κ2) is 6.27. The molecule has 0 saturated carbocycles. The molecule has 2 N–H and O–H groups in total. The Labute approximate surface area is 96.2 Å². The van der Waals surface area contributed by atoms with Gasteiger partial charge in [0.15, 0.2) is 0 Å². The van der Waals surface area contributed by atoms with Crippen LogP contribution < -0.4 is 10.6 Å². The highest BCUT2D eigenvalue weighted by Crippen LogP contribution is 1.95. The predicted octanol–water partition coefficient (Wildman–Crippen LogP) is 0.0768. The number of carbonyl (C=O) groups excluding carboxylic acids is 1.